The van der Waals surface area contributed by atoms with Crippen molar-refractivity contribution in [2.75, 3.05) is 0 Å². The second-order valence-electron chi connectivity index (χ2n) is 5.45. The molecule has 0 saturated heterocycles. The first-order chi connectivity index (χ1) is 12.0. The van der Waals surface area contributed by atoms with Gasteiger partial charge in [0.15, 0.2) is 5.65 Å². The van der Waals surface area contributed by atoms with Crippen molar-refractivity contribution in [1.29, 1.82) is 0 Å². The molecular weight excluding hydrogens is 361 g/mol. The number of hydrogen-bond donors (Lipinski definition) is 3. The van der Waals surface area contributed by atoms with E-state index in [1.807, 2.05) is 6.07 Å². The van der Waals surface area contributed by atoms with Gasteiger partial charge in [-0.1, -0.05) is 23.2 Å². The van der Waals surface area contributed by atoms with Crippen LogP contribution in [0.1, 0.15) is 10.4 Å². The number of fused-ring (bicyclic) bond motifs is 1. The van der Waals surface area contributed by atoms with Gasteiger partial charge in [-0.25, -0.2) is 4.98 Å². The normalized spacial score (nSPS) is 11.1. The second-order valence-corrected chi connectivity index (χ2v) is 6.29. The van der Waals surface area contributed by atoms with Crippen LogP contribution in [-0.2, 0) is 0 Å². The number of nitrogens with zero attached hydrogens (tertiary/aromatic N) is 2. The molecule has 3 heterocycles. The maximum absolute atomic E-state index is 11.9. The van der Waals surface area contributed by atoms with Gasteiger partial charge in [0.25, 0.3) is 5.91 Å². The van der Waals surface area contributed by atoms with Gasteiger partial charge in [-0.05, 0) is 30.3 Å². The Morgan fingerprint density at radius 1 is 1.12 bits per heavy atom. The molecule has 0 spiro atoms. The highest BCUT2D eigenvalue weighted by Crippen LogP contribution is 2.35. The number of rotatable bonds is 3. The van der Waals surface area contributed by atoms with Gasteiger partial charge in [-0.2, -0.15) is 5.10 Å². The van der Waals surface area contributed by atoms with Crippen molar-refractivity contribution in [2.45, 2.75) is 0 Å². The predicted molar refractivity (Wildman–Crippen MR) is 97.6 cm³/mol. The van der Waals surface area contributed by atoms with Crippen LogP contribution in [-0.4, -0.2) is 26.1 Å². The number of nitrogens with one attached hydrogen (secondary N) is 2. The molecule has 1 amide bonds. The Labute approximate surface area is 152 Å². The van der Waals surface area contributed by atoms with Gasteiger partial charge < -0.3 is 10.7 Å². The summed E-state index contributed by atoms with van der Waals surface area (Å²) in [6.45, 7) is 0. The zero-order valence-corrected chi connectivity index (χ0v) is 14.2. The third-order valence-corrected chi connectivity index (χ3v) is 4.48. The lowest BCUT2D eigenvalue weighted by Crippen LogP contribution is -2.11. The van der Waals surface area contributed by atoms with Crippen LogP contribution in [0.3, 0.4) is 0 Å². The van der Waals surface area contributed by atoms with Crippen molar-refractivity contribution >= 4 is 40.1 Å². The van der Waals surface area contributed by atoms with E-state index in [0.29, 0.717) is 38.2 Å². The summed E-state index contributed by atoms with van der Waals surface area (Å²) >= 11 is 12.2. The van der Waals surface area contributed by atoms with E-state index in [-0.39, 0.29) is 0 Å². The number of nitrogens with two attached hydrogens (primary N) is 1. The monoisotopic (exact) mass is 371 g/mol. The van der Waals surface area contributed by atoms with E-state index in [2.05, 4.69) is 20.2 Å². The summed E-state index contributed by atoms with van der Waals surface area (Å²) < 4.78 is 0. The Hall–Kier alpha value is -2.83. The molecule has 8 heteroatoms. The van der Waals surface area contributed by atoms with Gasteiger partial charge in [0.2, 0.25) is 0 Å². The second kappa shape index (κ2) is 5.91. The van der Waals surface area contributed by atoms with Crippen LogP contribution in [0.25, 0.3) is 33.5 Å². The summed E-state index contributed by atoms with van der Waals surface area (Å²) in [5.74, 6) is -0.555. The van der Waals surface area contributed by atoms with Gasteiger partial charge in [0.05, 0.1) is 22.5 Å². The first-order valence-corrected chi connectivity index (χ1v) is 8.07. The number of amides is 1. The molecule has 1 aromatic carbocycles. The van der Waals surface area contributed by atoms with Gasteiger partial charge in [-0.15, -0.1) is 0 Å². The van der Waals surface area contributed by atoms with Crippen molar-refractivity contribution in [1.82, 2.24) is 20.2 Å². The molecule has 4 aromatic rings. The molecule has 4 N–H and O–H groups in total. The fourth-order valence-electron chi connectivity index (χ4n) is 2.78. The molecule has 0 bridgehead atoms. The van der Waals surface area contributed by atoms with Crippen LogP contribution < -0.4 is 5.73 Å². The van der Waals surface area contributed by atoms with Crippen LogP contribution in [0.15, 0.2) is 42.7 Å². The molecule has 0 aliphatic heterocycles. The van der Waals surface area contributed by atoms with Crippen molar-refractivity contribution in [3.05, 3.63) is 58.3 Å². The average molecular weight is 372 g/mol. The maximum atomic E-state index is 11.9. The molecule has 0 radical (unpaired) electrons. The lowest BCUT2D eigenvalue weighted by molar-refractivity contribution is 0.100. The summed E-state index contributed by atoms with van der Waals surface area (Å²) in [5.41, 5.74) is 9.29. The molecule has 0 fully saturated rings. The van der Waals surface area contributed by atoms with E-state index in [1.165, 1.54) is 0 Å². The largest absolute Gasteiger partial charge is 0.366 e. The SMILES string of the molecule is NC(=O)c1cc(-c2ccnc3[nH]ncc23)[nH]c1-c1ccc(Cl)cc1Cl. The fraction of sp³-hybridized carbons (Fsp3) is 0. The van der Waals surface area contributed by atoms with E-state index in [1.54, 1.807) is 36.7 Å². The summed E-state index contributed by atoms with van der Waals surface area (Å²) in [6.07, 6.45) is 3.34. The summed E-state index contributed by atoms with van der Waals surface area (Å²) in [6, 6.07) is 8.60. The Kier molecular flexibility index (Phi) is 3.71. The van der Waals surface area contributed by atoms with Gasteiger partial charge in [-0.3, -0.25) is 9.89 Å². The van der Waals surface area contributed by atoms with E-state index in [0.717, 1.165) is 10.9 Å². The molecule has 4 rings (SSSR count). The molecule has 0 aliphatic rings. The Morgan fingerprint density at radius 3 is 2.72 bits per heavy atom. The molecule has 124 valence electrons. The van der Waals surface area contributed by atoms with Gasteiger partial charge in [0.1, 0.15) is 0 Å². The third-order valence-electron chi connectivity index (χ3n) is 3.93. The number of pyridine rings is 1. The zero-order valence-electron chi connectivity index (χ0n) is 12.7. The molecule has 0 aliphatic carbocycles. The Morgan fingerprint density at radius 2 is 1.96 bits per heavy atom. The molecule has 25 heavy (non-hydrogen) atoms. The minimum absolute atomic E-state index is 0.340. The molecule has 6 nitrogen and oxygen atoms in total. The lowest BCUT2D eigenvalue weighted by atomic mass is 10.1. The minimum atomic E-state index is -0.555. The lowest BCUT2D eigenvalue weighted by Gasteiger charge is -2.05. The molecule has 0 unspecified atom stereocenters. The number of H-pyrrole nitrogens is 2. The third kappa shape index (κ3) is 2.65. The van der Waals surface area contributed by atoms with Crippen molar-refractivity contribution in [3.8, 4) is 22.5 Å². The number of aromatic amines is 2. The number of primary amides is 1. The summed E-state index contributed by atoms with van der Waals surface area (Å²) in [5, 5.41) is 8.58. The first kappa shape index (κ1) is 15.7. The highest BCUT2D eigenvalue weighted by atomic mass is 35.5. The number of aromatic nitrogens is 4. The maximum Gasteiger partial charge on any atom is 0.250 e. The summed E-state index contributed by atoms with van der Waals surface area (Å²) in [7, 11) is 0. The van der Waals surface area contributed by atoms with Crippen molar-refractivity contribution in [2.24, 2.45) is 5.73 Å². The van der Waals surface area contributed by atoms with E-state index in [4.69, 9.17) is 28.9 Å². The fourth-order valence-corrected chi connectivity index (χ4v) is 3.29. The van der Waals surface area contributed by atoms with Gasteiger partial charge in [0, 0.05) is 33.4 Å². The quantitative estimate of drug-likeness (QED) is 0.506. The van der Waals surface area contributed by atoms with Crippen LogP contribution in [0.4, 0.5) is 0 Å². The number of carbonyl (C=O) groups is 1. The van der Waals surface area contributed by atoms with Gasteiger partial charge >= 0.3 is 0 Å². The van der Waals surface area contributed by atoms with E-state index >= 15 is 0 Å². The topological polar surface area (TPSA) is 100 Å². The molecular formula is C17H11Cl2N5O. The minimum Gasteiger partial charge on any atom is -0.366 e. The van der Waals surface area contributed by atoms with Crippen LogP contribution in [0.5, 0.6) is 0 Å². The number of hydrogen-bond acceptors (Lipinski definition) is 3. The van der Waals surface area contributed by atoms with E-state index < -0.39 is 5.91 Å². The number of benzene rings is 1. The van der Waals surface area contributed by atoms with Crippen LogP contribution in [0.2, 0.25) is 10.0 Å². The molecule has 0 saturated carbocycles. The molecule has 3 aromatic heterocycles. The van der Waals surface area contributed by atoms with Crippen molar-refractivity contribution in [3.63, 3.8) is 0 Å². The number of halogens is 2. The summed E-state index contributed by atoms with van der Waals surface area (Å²) in [4.78, 5) is 19.4. The smallest absolute Gasteiger partial charge is 0.250 e. The number of carbonyl (C=O) groups excluding carboxylic acids is 1. The highest BCUT2D eigenvalue weighted by molar-refractivity contribution is 6.36. The first-order valence-electron chi connectivity index (χ1n) is 7.31. The van der Waals surface area contributed by atoms with E-state index in [9.17, 15) is 4.79 Å². The average Bonchev–Trinajstić information content (AvgIpc) is 3.21. The highest BCUT2D eigenvalue weighted by Gasteiger charge is 2.19. The Bertz CT molecular complexity index is 1120. The van der Waals surface area contributed by atoms with Crippen molar-refractivity contribution < 1.29 is 4.79 Å². The standard InChI is InChI=1S/C17H11Cl2N5O/c18-8-1-2-10(13(19)5-8)15-11(16(20)25)6-14(23-15)9-3-4-21-17-12(9)7-22-24-17/h1-7,23H,(H2,20,25)(H,21,22,24). The zero-order chi connectivity index (χ0) is 17.6. The van der Waals surface area contributed by atoms with Crippen LogP contribution >= 0.6 is 23.2 Å². The predicted octanol–water partition coefficient (Wildman–Crippen LogP) is 4.03. The molecule has 0 atom stereocenters. The Balaban J connectivity index is 1.95. The van der Waals surface area contributed by atoms with Crippen LogP contribution in [0, 0.1) is 0 Å².